The summed E-state index contributed by atoms with van der Waals surface area (Å²) in [4.78, 5) is 64.0. The molecule has 1 heterocycles. The van der Waals surface area contributed by atoms with Gasteiger partial charge in [-0.05, 0) is 49.3 Å². The van der Waals surface area contributed by atoms with Crippen molar-refractivity contribution in [3.8, 4) is 0 Å². The largest absolute Gasteiger partial charge is 0.465 e. The Morgan fingerprint density at radius 3 is 2.35 bits per heavy atom. The number of likely N-dealkylation sites (tertiary alicyclic amines) is 1. The van der Waals surface area contributed by atoms with Crippen LogP contribution in [-0.2, 0) is 25.7 Å². The Kier molecular flexibility index (Phi) is 11.5. The van der Waals surface area contributed by atoms with E-state index in [1.165, 1.54) is 9.80 Å². The van der Waals surface area contributed by atoms with Crippen molar-refractivity contribution in [2.75, 3.05) is 38.2 Å². The third kappa shape index (κ3) is 8.82. The van der Waals surface area contributed by atoms with E-state index in [9.17, 15) is 24.0 Å². The lowest BCUT2D eigenvalue weighted by atomic mass is 9.90. The number of alkyl carbamates (subject to hydrolysis) is 1. The number of piperidine rings is 1. The summed E-state index contributed by atoms with van der Waals surface area (Å²) in [6, 6.07) is 15.8. The van der Waals surface area contributed by atoms with Crippen LogP contribution in [0.25, 0.3) is 0 Å². The Hall–Kier alpha value is -4.41. The Balaban J connectivity index is 1.59. The van der Waals surface area contributed by atoms with Gasteiger partial charge in [0.15, 0.2) is 5.78 Å². The summed E-state index contributed by atoms with van der Waals surface area (Å²) in [5.74, 6) is -1.94. The molecule has 1 aliphatic heterocycles. The topological polar surface area (TPSA) is 143 Å². The van der Waals surface area contributed by atoms with Gasteiger partial charge >= 0.3 is 24.1 Å². The fourth-order valence-corrected chi connectivity index (χ4v) is 4.56. The summed E-state index contributed by atoms with van der Waals surface area (Å²) in [7, 11) is 1.11. The second-order valence-electron chi connectivity index (χ2n) is 9.48. The number of anilines is 1. The van der Waals surface area contributed by atoms with Gasteiger partial charge in [-0.15, -0.1) is 0 Å². The van der Waals surface area contributed by atoms with E-state index in [0.29, 0.717) is 37.9 Å². The number of benzene rings is 2. The first-order valence-electron chi connectivity index (χ1n) is 13.2. The number of carbonyl (C=O) groups excluding carboxylic acids is 4. The summed E-state index contributed by atoms with van der Waals surface area (Å²) < 4.78 is 9.82. The molecule has 3 rings (SSSR count). The lowest BCUT2D eigenvalue weighted by Crippen LogP contribution is -2.40. The van der Waals surface area contributed by atoms with Crippen LogP contribution in [0.3, 0.4) is 0 Å². The van der Waals surface area contributed by atoms with Crippen LogP contribution in [0.2, 0.25) is 0 Å². The number of Topliss-reactive ketones (excluding diaryl/α,β-unsaturated/α-hetero) is 1. The van der Waals surface area contributed by atoms with E-state index < -0.39 is 24.1 Å². The minimum Gasteiger partial charge on any atom is -0.465 e. The van der Waals surface area contributed by atoms with E-state index in [2.05, 4.69) is 10.1 Å². The minimum atomic E-state index is -1.07. The first-order valence-corrected chi connectivity index (χ1v) is 13.2. The molecule has 2 aromatic rings. The Labute approximate surface area is 233 Å². The van der Waals surface area contributed by atoms with Crippen molar-refractivity contribution in [2.24, 2.45) is 5.92 Å². The predicted molar refractivity (Wildman–Crippen MR) is 146 cm³/mol. The van der Waals surface area contributed by atoms with Crippen molar-refractivity contribution in [1.29, 1.82) is 0 Å². The summed E-state index contributed by atoms with van der Waals surface area (Å²) >= 11 is 0. The number of methoxy groups -OCH3 is 1. The van der Waals surface area contributed by atoms with Crippen molar-refractivity contribution >= 4 is 35.5 Å². The highest BCUT2D eigenvalue weighted by molar-refractivity contribution is 6.38. The molecule has 2 aromatic carbocycles. The number of amides is 3. The van der Waals surface area contributed by atoms with Crippen molar-refractivity contribution in [3.05, 3.63) is 65.7 Å². The van der Waals surface area contributed by atoms with E-state index in [-0.39, 0.29) is 49.9 Å². The van der Waals surface area contributed by atoms with Crippen molar-refractivity contribution in [1.82, 2.24) is 10.2 Å². The lowest BCUT2D eigenvalue weighted by molar-refractivity contribution is -0.151. The smallest absolute Gasteiger partial charge is 0.407 e. The molecule has 214 valence electrons. The maximum absolute atomic E-state index is 13.2. The fourth-order valence-electron chi connectivity index (χ4n) is 4.56. The van der Waals surface area contributed by atoms with Gasteiger partial charge < -0.3 is 29.7 Å². The van der Waals surface area contributed by atoms with Gasteiger partial charge in [0.2, 0.25) is 0 Å². The number of esters is 1. The number of para-hydroxylation sites is 1. The first kappa shape index (κ1) is 30.1. The number of nitrogens with one attached hydrogen (secondary N) is 1. The molecule has 0 aromatic heterocycles. The van der Waals surface area contributed by atoms with Gasteiger partial charge in [0, 0.05) is 38.2 Å². The summed E-state index contributed by atoms with van der Waals surface area (Å²) in [6.07, 6.45) is 0.944. The molecule has 0 saturated carbocycles. The zero-order chi connectivity index (χ0) is 28.9. The molecule has 0 bridgehead atoms. The summed E-state index contributed by atoms with van der Waals surface area (Å²) in [5.41, 5.74) is 1.44. The Morgan fingerprint density at radius 2 is 1.68 bits per heavy atom. The van der Waals surface area contributed by atoms with Crippen LogP contribution in [0, 0.1) is 5.92 Å². The van der Waals surface area contributed by atoms with Gasteiger partial charge in [-0.25, -0.2) is 14.4 Å². The highest BCUT2D eigenvalue weighted by Gasteiger charge is 2.28. The number of carbonyl (C=O) groups is 5. The van der Waals surface area contributed by atoms with E-state index in [1.54, 1.807) is 24.3 Å². The van der Waals surface area contributed by atoms with E-state index in [0.717, 1.165) is 12.7 Å². The predicted octanol–water partition coefficient (Wildman–Crippen LogP) is 3.86. The molecule has 0 aliphatic carbocycles. The van der Waals surface area contributed by atoms with Gasteiger partial charge in [-0.2, -0.15) is 0 Å². The second-order valence-corrected chi connectivity index (χ2v) is 9.48. The number of carboxylic acid groups (broad SMARTS) is 1. The number of hydrogen-bond donors (Lipinski definition) is 2. The highest BCUT2D eigenvalue weighted by Crippen LogP contribution is 2.27. The number of nitrogens with zero attached hydrogens (tertiary/aromatic N) is 2. The monoisotopic (exact) mass is 553 g/mol. The van der Waals surface area contributed by atoms with Crippen LogP contribution in [-0.4, -0.2) is 73.1 Å². The van der Waals surface area contributed by atoms with Gasteiger partial charge in [0.25, 0.3) is 0 Å². The van der Waals surface area contributed by atoms with Crippen LogP contribution >= 0.6 is 0 Å². The standard InChI is InChI=1S/C29H35N3O8/c1-39-27(35)26(34)32(17-7-16-30-28(36)40-20-22-8-3-2-4-9-22)24-11-6-5-10-23(24)25(33)13-12-21-14-18-31(19-15-21)29(37)38/h2-6,8-11,21H,7,12-20H2,1H3,(H,30,36)(H,37,38). The Morgan fingerprint density at radius 1 is 1.00 bits per heavy atom. The van der Waals surface area contributed by atoms with Gasteiger partial charge in [0.1, 0.15) is 6.61 Å². The van der Waals surface area contributed by atoms with Gasteiger partial charge in [-0.1, -0.05) is 42.5 Å². The maximum atomic E-state index is 13.2. The van der Waals surface area contributed by atoms with Crippen molar-refractivity contribution in [2.45, 2.75) is 38.7 Å². The number of rotatable bonds is 11. The number of hydrogen-bond acceptors (Lipinski definition) is 7. The quantitative estimate of drug-likeness (QED) is 0.185. The first-order chi connectivity index (χ1) is 19.3. The van der Waals surface area contributed by atoms with Crippen LogP contribution in [0.15, 0.2) is 54.6 Å². The summed E-state index contributed by atoms with van der Waals surface area (Å²) in [5, 5.41) is 11.8. The molecule has 0 radical (unpaired) electrons. The van der Waals surface area contributed by atoms with Crippen LogP contribution < -0.4 is 10.2 Å². The molecule has 11 nitrogen and oxygen atoms in total. The fraction of sp³-hybridized carbons (Fsp3) is 0.414. The molecule has 2 N–H and O–H groups in total. The average Bonchev–Trinajstić information content (AvgIpc) is 2.98. The molecule has 40 heavy (non-hydrogen) atoms. The molecule has 0 atom stereocenters. The van der Waals surface area contributed by atoms with Crippen LogP contribution in [0.5, 0.6) is 0 Å². The Bertz CT molecular complexity index is 1180. The third-order valence-electron chi connectivity index (χ3n) is 6.81. The normalized spacial score (nSPS) is 13.3. The number of ether oxygens (including phenoxy) is 2. The zero-order valence-corrected chi connectivity index (χ0v) is 22.5. The zero-order valence-electron chi connectivity index (χ0n) is 22.5. The highest BCUT2D eigenvalue weighted by atomic mass is 16.5. The molecular formula is C29H35N3O8. The second kappa shape index (κ2) is 15.2. The molecule has 1 aliphatic rings. The molecule has 0 spiro atoms. The van der Waals surface area contributed by atoms with E-state index in [1.807, 2.05) is 30.3 Å². The van der Waals surface area contributed by atoms with Gasteiger partial charge in [0.05, 0.1) is 12.8 Å². The van der Waals surface area contributed by atoms with Crippen molar-refractivity contribution in [3.63, 3.8) is 0 Å². The molecule has 1 fully saturated rings. The molecule has 3 amide bonds. The summed E-state index contributed by atoms with van der Waals surface area (Å²) in [6.45, 7) is 1.22. The van der Waals surface area contributed by atoms with Gasteiger partial charge in [-0.3, -0.25) is 9.59 Å². The number of ketones is 1. The molecule has 1 saturated heterocycles. The van der Waals surface area contributed by atoms with Crippen molar-refractivity contribution < 1.29 is 38.6 Å². The molecule has 0 unspecified atom stereocenters. The lowest BCUT2D eigenvalue weighted by Gasteiger charge is -2.30. The molecule has 11 heteroatoms. The third-order valence-corrected chi connectivity index (χ3v) is 6.81. The average molecular weight is 554 g/mol. The SMILES string of the molecule is COC(=O)C(=O)N(CCCNC(=O)OCc1ccccc1)c1ccccc1C(=O)CCC1CCN(C(=O)O)CC1. The van der Waals surface area contributed by atoms with E-state index in [4.69, 9.17) is 9.84 Å². The molecular weight excluding hydrogens is 518 g/mol. The van der Waals surface area contributed by atoms with Crippen LogP contribution in [0.4, 0.5) is 15.3 Å². The maximum Gasteiger partial charge on any atom is 0.407 e. The minimum absolute atomic E-state index is 0.0465. The van der Waals surface area contributed by atoms with Crippen LogP contribution in [0.1, 0.15) is 48.0 Å². The van der Waals surface area contributed by atoms with E-state index >= 15 is 0 Å².